The van der Waals surface area contributed by atoms with Crippen LogP contribution in [-0.4, -0.2) is 34.0 Å². The first-order chi connectivity index (χ1) is 13.3. The summed E-state index contributed by atoms with van der Waals surface area (Å²) >= 11 is 0. The highest BCUT2D eigenvalue weighted by Crippen LogP contribution is 2.60. The van der Waals surface area contributed by atoms with Crippen molar-refractivity contribution < 1.29 is 14.4 Å². The van der Waals surface area contributed by atoms with Crippen molar-refractivity contribution in [1.29, 1.82) is 0 Å². The van der Waals surface area contributed by atoms with Gasteiger partial charge in [-0.15, -0.1) is 0 Å². The van der Waals surface area contributed by atoms with Crippen molar-refractivity contribution in [2.45, 2.75) is 58.9 Å². The molecule has 1 aromatic heterocycles. The largest absolute Gasteiger partial charge is 0.346 e. The van der Waals surface area contributed by atoms with Crippen LogP contribution in [0, 0.1) is 37.0 Å². The highest BCUT2D eigenvalue weighted by Gasteiger charge is 2.54. The van der Waals surface area contributed by atoms with Crippen LogP contribution in [0.15, 0.2) is 6.07 Å². The highest BCUT2D eigenvalue weighted by molar-refractivity contribution is 5.89. The first kappa shape index (κ1) is 19.0. The Morgan fingerprint density at radius 2 is 1.61 bits per heavy atom. The molecule has 5 rings (SSSR count). The number of hydrogen-bond acceptors (Lipinski definition) is 4. The van der Waals surface area contributed by atoms with Gasteiger partial charge in [0.25, 0.3) is 11.8 Å². The number of nitrogens with one attached hydrogen (secondary N) is 3. The summed E-state index contributed by atoms with van der Waals surface area (Å²) in [6, 6.07) is 1.88. The number of rotatable bonds is 5. The summed E-state index contributed by atoms with van der Waals surface area (Å²) in [6.07, 6.45) is 6.71. The molecule has 0 radical (unpaired) electrons. The lowest BCUT2D eigenvalue weighted by molar-refractivity contribution is -0.147. The van der Waals surface area contributed by atoms with Crippen LogP contribution in [0.3, 0.4) is 0 Å². The summed E-state index contributed by atoms with van der Waals surface area (Å²) < 4.78 is 1.58. The van der Waals surface area contributed by atoms with Crippen molar-refractivity contribution in [3.05, 3.63) is 17.5 Å². The number of aryl methyl sites for hydroxylation is 2. The zero-order valence-electron chi connectivity index (χ0n) is 16.6. The minimum absolute atomic E-state index is 0.00992. The topological polar surface area (TPSA) is 105 Å². The van der Waals surface area contributed by atoms with E-state index in [1.165, 1.54) is 19.3 Å². The van der Waals surface area contributed by atoms with Crippen molar-refractivity contribution in [1.82, 2.24) is 25.9 Å². The molecule has 3 N–H and O–H groups in total. The van der Waals surface area contributed by atoms with Crippen LogP contribution < -0.4 is 16.2 Å². The zero-order valence-corrected chi connectivity index (χ0v) is 16.6. The standard InChI is InChI=1S/C20H29N5O3/c1-12-3-13(2)25(24-12)11-18(27)23-22-17(26)10-21-19(28)20-7-14-4-15(8-20)6-16(5-14)9-20/h3,14-16H,4-11H2,1-2H3,(H,21,28)(H,22,26)(H,23,27). The Bertz CT molecular complexity index is 764. The monoisotopic (exact) mass is 387 g/mol. The van der Waals surface area contributed by atoms with Crippen LogP contribution in [0.4, 0.5) is 0 Å². The minimum Gasteiger partial charge on any atom is -0.346 e. The van der Waals surface area contributed by atoms with E-state index in [1.54, 1.807) is 4.68 Å². The molecule has 152 valence electrons. The van der Waals surface area contributed by atoms with Crippen LogP contribution in [0.25, 0.3) is 0 Å². The molecule has 0 unspecified atom stereocenters. The Kier molecular flexibility index (Phi) is 4.89. The summed E-state index contributed by atoms with van der Waals surface area (Å²) in [5.74, 6) is 1.25. The Morgan fingerprint density at radius 3 is 2.14 bits per heavy atom. The van der Waals surface area contributed by atoms with Crippen LogP contribution in [0.1, 0.15) is 49.9 Å². The van der Waals surface area contributed by atoms with E-state index in [9.17, 15) is 14.4 Å². The van der Waals surface area contributed by atoms with E-state index >= 15 is 0 Å². The second-order valence-electron chi connectivity index (χ2n) is 9.06. The van der Waals surface area contributed by atoms with Crippen LogP contribution in [0.5, 0.6) is 0 Å². The van der Waals surface area contributed by atoms with E-state index in [4.69, 9.17) is 0 Å². The van der Waals surface area contributed by atoms with Crippen LogP contribution >= 0.6 is 0 Å². The second-order valence-corrected chi connectivity index (χ2v) is 9.06. The van der Waals surface area contributed by atoms with Gasteiger partial charge in [-0.2, -0.15) is 5.10 Å². The molecule has 1 heterocycles. The lowest BCUT2D eigenvalue weighted by atomic mass is 9.49. The number of hydrogen-bond donors (Lipinski definition) is 3. The molecule has 1 aromatic rings. The molecule has 4 bridgehead atoms. The Balaban J connectivity index is 1.22. The number of carbonyl (C=O) groups excluding carboxylic acids is 3. The first-order valence-corrected chi connectivity index (χ1v) is 10.2. The predicted octanol–water partition coefficient (Wildman–Crippen LogP) is 0.980. The minimum atomic E-state index is -0.431. The summed E-state index contributed by atoms with van der Waals surface area (Å²) in [4.78, 5) is 36.8. The predicted molar refractivity (Wildman–Crippen MR) is 102 cm³/mol. The summed E-state index contributed by atoms with van der Waals surface area (Å²) in [5.41, 5.74) is 6.18. The fraction of sp³-hybridized carbons (Fsp3) is 0.700. The van der Waals surface area contributed by atoms with Crippen molar-refractivity contribution in [2.24, 2.45) is 23.2 Å². The first-order valence-electron chi connectivity index (χ1n) is 10.2. The van der Waals surface area contributed by atoms with Crippen molar-refractivity contribution in [2.75, 3.05) is 6.54 Å². The normalized spacial score (nSPS) is 30.1. The maximum atomic E-state index is 12.8. The third-order valence-electron chi connectivity index (χ3n) is 6.67. The summed E-state index contributed by atoms with van der Waals surface area (Å²) in [7, 11) is 0. The molecule has 4 aliphatic carbocycles. The average Bonchev–Trinajstić information content (AvgIpc) is 2.93. The third-order valence-corrected chi connectivity index (χ3v) is 6.67. The number of hydrazine groups is 1. The van der Waals surface area contributed by atoms with Gasteiger partial charge >= 0.3 is 0 Å². The average molecular weight is 387 g/mol. The second kappa shape index (κ2) is 7.22. The van der Waals surface area contributed by atoms with E-state index in [1.807, 2.05) is 19.9 Å². The maximum Gasteiger partial charge on any atom is 0.260 e. The van der Waals surface area contributed by atoms with Gasteiger partial charge in [0, 0.05) is 11.1 Å². The van der Waals surface area contributed by atoms with Gasteiger partial charge in [0.2, 0.25) is 5.91 Å². The Labute approximate surface area is 164 Å². The Morgan fingerprint density at radius 1 is 1.04 bits per heavy atom. The Hall–Kier alpha value is -2.38. The zero-order chi connectivity index (χ0) is 19.9. The molecule has 3 amide bonds. The van der Waals surface area contributed by atoms with Gasteiger partial charge in [-0.3, -0.25) is 29.9 Å². The molecule has 0 aliphatic heterocycles. The van der Waals surface area contributed by atoms with Gasteiger partial charge in [0.05, 0.1) is 12.2 Å². The molecule has 0 saturated heterocycles. The fourth-order valence-electron chi connectivity index (χ4n) is 5.93. The van der Waals surface area contributed by atoms with Gasteiger partial charge in [-0.1, -0.05) is 0 Å². The number of amides is 3. The van der Waals surface area contributed by atoms with Crippen LogP contribution in [0.2, 0.25) is 0 Å². The summed E-state index contributed by atoms with van der Waals surface area (Å²) in [6.45, 7) is 3.63. The van der Waals surface area contributed by atoms with Gasteiger partial charge in [-0.25, -0.2) is 0 Å². The molecule has 4 saturated carbocycles. The smallest absolute Gasteiger partial charge is 0.260 e. The van der Waals surface area contributed by atoms with E-state index in [-0.39, 0.29) is 30.3 Å². The van der Waals surface area contributed by atoms with Crippen molar-refractivity contribution in [3.63, 3.8) is 0 Å². The molecule has 28 heavy (non-hydrogen) atoms. The number of nitrogens with zero attached hydrogens (tertiary/aromatic N) is 2. The van der Waals surface area contributed by atoms with Gasteiger partial charge < -0.3 is 5.32 Å². The maximum absolute atomic E-state index is 12.8. The molecular formula is C20H29N5O3. The fourth-order valence-corrected chi connectivity index (χ4v) is 5.93. The van der Waals surface area contributed by atoms with Crippen molar-refractivity contribution in [3.8, 4) is 0 Å². The van der Waals surface area contributed by atoms with Gasteiger partial charge in [0.15, 0.2) is 0 Å². The molecule has 0 spiro atoms. The summed E-state index contributed by atoms with van der Waals surface area (Å²) in [5, 5.41) is 7.02. The molecule has 0 aromatic carbocycles. The molecule has 4 fully saturated rings. The SMILES string of the molecule is Cc1cc(C)n(CC(=O)NNC(=O)CNC(=O)C23CC4CC(CC(C4)C2)C3)n1. The van der Waals surface area contributed by atoms with E-state index in [0.717, 1.165) is 30.7 Å². The van der Waals surface area contributed by atoms with E-state index < -0.39 is 5.91 Å². The highest BCUT2D eigenvalue weighted by atomic mass is 16.2. The number of aromatic nitrogens is 2. The molecular weight excluding hydrogens is 358 g/mol. The molecule has 0 atom stereocenters. The molecule has 8 nitrogen and oxygen atoms in total. The van der Waals surface area contributed by atoms with E-state index in [2.05, 4.69) is 21.3 Å². The molecule has 8 heteroatoms. The van der Waals surface area contributed by atoms with Crippen molar-refractivity contribution >= 4 is 17.7 Å². The van der Waals surface area contributed by atoms with Crippen LogP contribution in [-0.2, 0) is 20.9 Å². The third kappa shape index (κ3) is 3.77. The molecule has 4 aliphatic rings. The number of carbonyl (C=O) groups is 3. The van der Waals surface area contributed by atoms with E-state index in [0.29, 0.717) is 17.8 Å². The van der Waals surface area contributed by atoms with Gasteiger partial charge in [-0.05, 0) is 76.2 Å². The lowest BCUT2D eigenvalue weighted by Crippen LogP contribution is -2.55. The van der Waals surface area contributed by atoms with Gasteiger partial charge in [0.1, 0.15) is 6.54 Å². The quantitative estimate of drug-likeness (QED) is 0.655. The lowest BCUT2D eigenvalue weighted by Gasteiger charge is -2.55.